The molecule has 0 aliphatic heterocycles. The minimum absolute atomic E-state index is 0.606. The maximum absolute atomic E-state index is 5.67. The van der Waals surface area contributed by atoms with Crippen molar-refractivity contribution in [2.75, 3.05) is 40.4 Å². The maximum Gasteiger partial charge on any atom is 0.0593 e. The standard InChI is InChI=1S/C13H28N2O/c1-11(2)13(9-14-3)15(4)7-8-16-10-12-5-6-12/h11-14H,5-10H2,1-4H3. The molecular formula is C13H28N2O. The SMILES string of the molecule is CNCC(C(C)C)N(C)CCOCC1CC1. The van der Waals surface area contributed by atoms with E-state index in [9.17, 15) is 0 Å². The van der Waals surface area contributed by atoms with E-state index in [1.54, 1.807) is 0 Å². The summed E-state index contributed by atoms with van der Waals surface area (Å²) >= 11 is 0. The van der Waals surface area contributed by atoms with E-state index in [0.717, 1.165) is 32.2 Å². The van der Waals surface area contributed by atoms with Crippen molar-refractivity contribution in [3.63, 3.8) is 0 Å². The average molecular weight is 228 g/mol. The first-order chi connectivity index (χ1) is 7.65. The molecule has 0 aromatic carbocycles. The quantitative estimate of drug-likeness (QED) is 0.607. The van der Waals surface area contributed by atoms with E-state index in [-0.39, 0.29) is 0 Å². The molecule has 1 atom stereocenters. The molecule has 96 valence electrons. The number of nitrogens with one attached hydrogen (secondary N) is 1. The minimum Gasteiger partial charge on any atom is -0.380 e. The van der Waals surface area contributed by atoms with Gasteiger partial charge in [-0.3, -0.25) is 4.90 Å². The molecule has 1 N–H and O–H groups in total. The van der Waals surface area contributed by atoms with Gasteiger partial charge in [0.25, 0.3) is 0 Å². The fourth-order valence-corrected chi connectivity index (χ4v) is 2.02. The summed E-state index contributed by atoms with van der Waals surface area (Å²) in [7, 11) is 4.22. The van der Waals surface area contributed by atoms with Gasteiger partial charge in [0.2, 0.25) is 0 Å². The van der Waals surface area contributed by atoms with Gasteiger partial charge in [0, 0.05) is 25.7 Å². The third kappa shape index (κ3) is 5.28. The first kappa shape index (κ1) is 13.9. The molecule has 0 spiro atoms. The molecule has 0 heterocycles. The normalized spacial score (nSPS) is 18.4. The van der Waals surface area contributed by atoms with Gasteiger partial charge in [0.05, 0.1) is 6.61 Å². The summed E-state index contributed by atoms with van der Waals surface area (Å²) in [5, 5.41) is 3.27. The van der Waals surface area contributed by atoms with Gasteiger partial charge in [0.15, 0.2) is 0 Å². The fourth-order valence-electron chi connectivity index (χ4n) is 2.02. The number of rotatable bonds is 9. The number of ether oxygens (including phenoxy) is 1. The second kappa shape index (κ2) is 7.25. The Morgan fingerprint density at radius 1 is 1.38 bits per heavy atom. The van der Waals surface area contributed by atoms with Crippen LogP contribution in [0.5, 0.6) is 0 Å². The Kier molecular flexibility index (Phi) is 6.32. The van der Waals surface area contributed by atoms with E-state index in [2.05, 4.69) is 31.1 Å². The topological polar surface area (TPSA) is 24.5 Å². The van der Waals surface area contributed by atoms with Gasteiger partial charge in [-0.2, -0.15) is 0 Å². The lowest BCUT2D eigenvalue weighted by Crippen LogP contribution is -2.44. The van der Waals surface area contributed by atoms with Crippen molar-refractivity contribution in [1.29, 1.82) is 0 Å². The lowest BCUT2D eigenvalue weighted by Gasteiger charge is -2.31. The van der Waals surface area contributed by atoms with Gasteiger partial charge in [-0.15, -0.1) is 0 Å². The lowest BCUT2D eigenvalue weighted by atomic mass is 10.0. The lowest BCUT2D eigenvalue weighted by molar-refractivity contribution is 0.0828. The number of hydrogen-bond donors (Lipinski definition) is 1. The Morgan fingerprint density at radius 2 is 2.06 bits per heavy atom. The average Bonchev–Trinajstić information content (AvgIpc) is 3.04. The highest BCUT2D eigenvalue weighted by molar-refractivity contribution is 4.75. The van der Waals surface area contributed by atoms with Crippen LogP contribution in [0.3, 0.4) is 0 Å². The van der Waals surface area contributed by atoms with Crippen molar-refractivity contribution < 1.29 is 4.74 Å². The highest BCUT2D eigenvalue weighted by Crippen LogP contribution is 2.28. The predicted molar refractivity (Wildman–Crippen MR) is 68.7 cm³/mol. The van der Waals surface area contributed by atoms with Crippen molar-refractivity contribution in [1.82, 2.24) is 10.2 Å². The number of likely N-dealkylation sites (N-methyl/N-ethyl adjacent to an activating group) is 2. The molecule has 0 radical (unpaired) electrons. The zero-order chi connectivity index (χ0) is 12.0. The largest absolute Gasteiger partial charge is 0.380 e. The molecule has 0 aromatic heterocycles. The van der Waals surface area contributed by atoms with Crippen LogP contribution < -0.4 is 5.32 Å². The third-order valence-corrected chi connectivity index (χ3v) is 3.39. The van der Waals surface area contributed by atoms with Crippen LogP contribution in [0, 0.1) is 11.8 Å². The zero-order valence-corrected chi connectivity index (χ0v) is 11.3. The zero-order valence-electron chi connectivity index (χ0n) is 11.3. The first-order valence-electron chi connectivity index (χ1n) is 6.57. The molecule has 16 heavy (non-hydrogen) atoms. The van der Waals surface area contributed by atoms with Gasteiger partial charge in [0.1, 0.15) is 0 Å². The molecule has 1 rings (SSSR count). The molecular weight excluding hydrogens is 200 g/mol. The molecule has 0 aromatic rings. The summed E-state index contributed by atoms with van der Waals surface area (Å²) in [6.07, 6.45) is 2.76. The Labute approximate surface area is 101 Å². The molecule has 1 fully saturated rings. The summed E-state index contributed by atoms with van der Waals surface area (Å²) in [4.78, 5) is 2.41. The number of hydrogen-bond acceptors (Lipinski definition) is 3. The molecule has 0 amide bonds. The van der Waals surface area contributed by atoms with Crippen LogP contribution in [0.1, 0.15) is 26.7 Å². The van der Waals surface area contributed by atoms with E-state index < -0.39 is 0 Å². The van der Waals surface area contributed by atoms with E-state index >= 15 is 0 Å². The van der Waals surface area contributed by atoms with Crippen LogP contribution in [0.2, 0.25) is 0 Å². The highest BCUT2D eigenvalue weighted by Gasteiger charge is 2.21. The van der Waals surface area contributed by atoms with Crippen molar-refractivity contribution >= 4 is 0 Å². The number of nitrogens with zero attached hydrogens (tertiary/aromatic N) is 1. The van der Waals surface area contributed by atoms with Gasteiger partial charge in [-0.05, 0) is 38.8 Å². The Balaban J connectivity index is 2.11. The van der Waals surface area contributed by atoms with Crippen LogP contribution in [0.15, 0.2) is 0 Å². The molecule has 1 aliphatic rings. The van der Waals surface area contributed by atoms with E-state index in [1.807, 2.05) is 7.05 Å². The van der Waals surface area contributed by atoms with Crippen LogP contribution in [-0.4, -0.2) is 51.3 Å². The molecule has 1 saturated carbocycles. The van der Waals surface area contributed by atoms with Crippen LogP contribution in [-0.2, 0) is 4.74 Å². The summed E-state index contributed by atoms with van der Waals surface area (Å²) < 4.78 is 5.67. The van der Waals surface area contributed by atoms with Crippen molar-refractivity contribution in [3.8, 4) is 0 Å². The predicted octanol–water partition coefficient (Wildman–Crippen LogP) is 1.59. The summed E-state index contributed by atoms with van der Waals surface area (Å²) in [5.41, 5.74) is 0. The minimum atomic E-state index is 0.606. The monoisotopic (exact) mass is 228 g/mol. The van der Waals surface area contributed by atoms with E-state index in [1.165, 1.54) is 12.8 Å². The third-order valence-electron chi connectivity index (χ3n) is 3.39. The van der Waals surface area contributed by atoms with Gasteiger partial charge >= 0.3 is 0 Å². The second-order valence-electron chi connectivity index (χ2n) is 5.37. The molecule has 0 saturated heterocycles. The molecule has 1 unspecified atom stereocenters. The summed E-state index contributed by atoms with van der Waals surface area (Å²) in [6.45, 7) is 8.51. The van der Waals surface area contributed by atoms with Crippen molar-refractivity contribution in [2.45, 2.75) is 32.7 Å². The Morgan fingerprint density at radius 3 is 2.56 bits per heavy atom. The second-order valence-corrected chi connectivity index (χ2v) is 5.37. The molecule has 0 bridgehead atoms. The maximum atomic E-state index is 5.67. The fraction of sp³-hybridized carbons (Fsp3) is 1.00. The van der Waals surface area contributed by atoms with Gasteiger partial charge < -0.3 is 10.1 Å². The molecule has 3 nitrogen and oxygen atoms in total. The smallest absolute Gasteiger partial charge is 0.0593 e. The van der Waals surface area contributed by atoms with E-state index in [4.69, 9.17) is 4.74 Å². The van der Waals surface area contributed by atoms with Gasteiger partial charge in [-0.1, -0.05) is 13.8 Å². The molecule has 3 heteroatoms. The van der Waals surface area contributed by atoms with Crippen LogP contribution in [0.25, 0.3) is 0 Å². The van der Waals surface area contributed by atoms with Crippen LogP contribution in [0.4, 0.5) is 0 Å². The Bertz CT molecular complexity index is 181. The highest BCUT2D eigenvalue weighted by atomic mass is 16.5. The first-order valence-corrected chi connectivity index (χ1v) is 6.57. The van der Waals surface area contributed by atoms with E-state index in [0.29, 0.717) is 12.0 Å². The Hall–Kier alpha value is -0.120. The van der Waals surface area contributed by atoms with Crippen molar-refractivity contribution in [2.24, 2.45) is 11.8 Å². The summed E-state index contributed by atoms with van der Waals surface area (Å²) in [6, 6.07) is 0.606. The molecule has 1 aliphatic carbocycles. The van der Waals surface area contributed by atoms with Gasteiger partial charge in [-0.25, -0.2) is 0 Å². The van der Waals surface area contributed by atoms with Crippen molar-refractivity contribution in [3.05, 3.63) is 0 Å². The van der Waals surface area contributed by atoms with Crippen LogP contribution >= 0.6 is 0 Å². The summed E-state index contributed by atoms with van der Waals surface area (Å²) in [5.74, 6) is 1.56.